The predicted octanol–water partition coefficient (Wildman–Crippen LogP) is 3.13. The first-order valence-corrected chi connectivity index (χ1v) is 7.24. The quantitative estimate of drug-likeness (QED) is 0.875. The van der Waals surface area contributed by atoms with Gasteiger partial charge in [-0.1, -0.05) is 48.5 Å². The first-order valence-electron chi connectivity index (χ1n) is 7.24. The average molecular weight is 268 g/mol. The second-order valence-corrected chi connectivity index (χ2v) is 5.76. The van der Waals surface area contributed by atoms with E-state index in [1.54, 1.807) is 0 Å². The fourth-order valence-corrected chi connectivity index (χ4v) is 2.41. The molecule has 0 saturated heterocycles. The van der Waals surface area contributed by atoms with Crippen molar-refractivity contribution in [3.05, 3.63) is 59.7 Å². The van der Waals surface area contributed by atoms with Gasteiger partial charge in [0.05, 0.1) is 0 Å². The van der Waals surface area contributed by atoms with Crippen LogP contribution >= 0.6 is 0 Å². The van der Waals surface area contributed by atoms with Crippen molar-refractivity contribution in [3.63, 3.8) is 0 Å². The minimum Gasteiger partial charge on any atom is -0.328 e. The number of nitrogens with two attached hydrogens (primary N) is 2. The van der Waals surface area contributed by atoms with E-state index >= 15 is 0 Å². The van der Waals surface area contributed by atoms with Gasteiger partial charge in [0.25, 0.3) is 0 Å². The number of benzene rings is 2. The van der Waals surface area contributed by atoms with Gasteiger partial charge in [0.15, 0.2) is 0 Å². The van der Waals surface area contributed by atoms with E-state index in [1.807, 2.05) is 13.8 Å². The van der Waals surface area contributed by atoms with E-state index in [4.69, 9.17) is 11.5 Å². The van der Waals surface area contributed by atoms with E-state index in [-0.39, 0.29) is 12.1 Å². The second kappa shape index (κ2) is 6.69. The SMILES string of the molecule is CC(N)Cc1ccc(-c2ccc(CC(C)N)cc2)cc1. The molecule has 2 nitrogen and oxygen atoms in total. The smallest absolute Gasteiger partial charge is 0.00509 e. The molecule has 20 heavy (non-hydrogen) atoms. The van der Waals surface area contributed by atoms with Gasteiger partial charge < -0.3 is 11.5 Å². The summed E-state index contributed by atoms with van der Waals surface area (Å²) in [4.78, 5) is 0. The Balaban J connectivity index is 2.11. The molecule has 2 heteroatoms. The van der Waals surface area contributed by atoms with Crippen molar-refractivity contribution in [1.82, 2.24) is 0 Å². The molecule has 0 bridgehead atoms. The Kier molecular flexibility index (Phi) is 4.94. The van der Waals surface area contributed by atoms with Crippen LogP contribution < -0.4 is 11.5 Å². The van der Waals surface area contributed by atoms with Crippen molar-refractivity contribution >= 4 is 0 Å². The molecule has 0 fully saturated rings. The summed E-state index contributed by atoms with van der Waals surface area (Å²) < 4.78 is 0. The highest BCUT2D eigenvalue weighted by Crippen LogP contribution is 2.21. The van der Waals surface area contributed by atoms with Gasteiger partial charge in [-0.25, -0.2) is 0 Å². The van der Waals surface area contributed by atoms with Crippen LogP contribution in [0.4, 0.5) is 0 Å². The highest BCUT2D eigenvalue weighted by molar-refractivity contribution is 5.64. The van der Waals surface area contributed by atoms with Gasteiger partial charge >= 0.3 is 0 Å². The lowest BCUT2D eigenvalue weighted by atomic mass is 9.99. The molecule has 0 aliphatic heterocycles. The zero-order chi connectivity index (χ0) is 14.5. The minimum atomic E-state index is 0.207. The van der Waals surface area contributed by atoms with E-state index < -0.39 is 0 Å². The average Bonchev–Trinajstić information content (AvgIpc) is 2.39. The molecule has 0 spiro atoms. The van der Waals surface area contributed by atoms with E-state index in [0.717, 1.165) is 12.8 Å². The summed E-state index contributed by atoms with van der Waals surface area (Å²) >= 11 is 0. The third-order valence-corrected chi connectivity index (χ3v) is 3.36. The lowest BCUT2D eigenvalue weighted by molar-refractivity contribution is 0.738. The van der Waals surface area contributed by atoms with Gasteiger partial charge in [0, 0.05) is 12.1 Å². The molecule has 0 heterocycles. The van der Waals surface area contributed by atoms with Crippen LogP contribution in [0.25, 0.3) is 11.1 Å². The first-order chi connectivity index (χ1) is 9.54. The molecular formula is C18H24N2. The largest absolute Gasteiger partial charge is 0.328 e. The highest BCUT2D eigenvalue weighted by Gasteiger charge is 2.02. The number of rotatable bonds is 5. The van der Waals surface area contributed by atoms with Crippen molar-refractivity contribution in [3.8, 4) is 11.1 Å². The molecule has 2 unspecified atom stereocenters. The molecule has 0 amide bonds. The predicted molar refractivity (Wildman–Crippen MR) is 86.6 cm³/mol. The zero-order valence-electron chi connectivity index (χ0n) is 12.3. The summed E-state index contributed by atoms with van der Waals surface area (Å²) in [6.07, 6.45) is 1.85. The van der Waals surface area contributed by atoms with Crippen molar-refractivity contribution < 1.29 is 0 Å². The van der Waals surface area contributed by atoms with Gasteiger partial charge in [-0.15, -0.1) is 0 Å². The van der Waals surface area contributed by atoms with Gasteiger partial charge in [-0.3, -0.25) is 0 Å². The lowest BCUT2D eigenvalue weighted by Crippen LogP contribution is -2.17. The molecule has 0 aliphatic rings. The highest BCUT2D eigenvalue weighted by atomic mass is 14.6. The maximum atomic E-state index is 5.82. The van der Waals surface area contributed by atoms with Crippen LogP contribution in [0.3, 0.4) is 0 Å². The molecule has 2 aromatic rings. The Morgan fingerprint density at radius 2 is 0.950 bits per heavy atom. The molecule has 4 N–H and O–H groups in total. The van der Waals surface area contributed by atoms with Crippen LogP contribution in [-0.4, -0.2) is 12.1 Å². The number of hydrogen-bond acceptors (Lipinski definition) is 2. The summed E-state index contributed by atoms with van der Waals surface area (Å²) in [6, 6.07) is 17.7. The summed E-state index contributed by atoms with van der Waals surface area (Å²) in [5.74, 6) is 0. The monoisotopic (exact) mass is 268 g/mol. The topological polar surface area (TPSA) is 52.0 Å². The van der Waals surface area contributed by atoms with E-state index in [2.05, 4.69) is 48.5 Å². The summed E-state index contributed by atoms with van der Waals surface area (Å²) in [5, 5.41) is 0. The van der Waals surface area contributed by atoms with Crippen molar-refractivity contribution in [1.29, 1.82) is 0 Å². The van der Waals surface area contributed by atoms with Crippen molar-refractivity contribution in [2.45, 2.75) is 38.8 Å². The van der Waals surface area contributed by atoms with Gasteiger partial charge in [0.1, 0.15) is 0 Å². The summed E-state index contributed by atoms with van der Waals surface area (Å²) in [6.45, 7) is 4.07. The molecule has 0 aliphatic carbocycles. The maximum absolute atomic E-state index is 5.82. The van der Waals surface area contributed by atoms with Crippen LogP contribution in [0.2, 0.25) is 0 Å². The fraction of sp³-hybridized carbons (Fsp3) is 0.333. The lowest BCUT2D eigenvalue weighted by Gasteiger charge is -2.08. The zero-order valence-corrected chi connectivity index (χ0v) is 12.3. The van der Waals surface area contributed by atoms with E-state index in [9.17, 15) is 0 Å². The maximum Gasteiger partial charge on any atom is 0.00509 e. The van der Waals surface area contributed by atoms with Crippen LogP contribution in [0.15, 0.2) is 48.5 Å². The molecule has 2 atom stereocenters. The second-order valence-electron chi connectivity index (χ2n) is 5.76. The van der Waals surface area contributed by atoms with E-state index in [1.165, 1.54) is 22.3 Å². The first kappa shape index (κ1) is 14.8. The van der Waals surface area contributed by atoms with Gasteiger partial charge in [-0.05, 0) is 48.9 Å². The molecular weight excluding hydrogens is 244 g/mol. The summed E-state index contributed by atoms with van der Waals surface area (Å²) in [7, 11) is 0. The van der Waals surface area contributed by atoms with Crippen molar-refractivity contribution in [2.75, 3.05) is 0 Å². The van der Waals surface area contributed by atoms with Crippen LogP contribution in [0, 0.1) is 0 Å². The Bertz CT molecular complexity index is 473. The fourth-order valence-electron chi connectivity index (χ4n) is 2.41. The van der Waals surface area contributed by atoms with Crippen LogP contribution in [0.1, 0.15) is 25.0 Å². The number of hydrogen-bond donors (Lipinski definition) is 2. The third-order valence-electron chi connectivity index (χ3n) is 3.36. The Morgan fingerprint density at radius 3 is 1.20 bits per heavy atom. The molecule has 2 rings (SSSR count). The van der Waals surface area contributed by atoms with Crippen molar-refractivity contribution in [2.24, 2.45) is 11.5 Å². The van der Waals surface area contributed by atoms with Gasteiger partial charge in [-0.2, -0.15) is 0 Å². The molecule has 2 aromatic carbocycles. The third kappa shape index (κ3) is 4.19. The van der Waals surface area contributed by atoms with E-state index in [0.29, 0.717) is 0 Å². The standard InChI is InChI=1S/C18H24N2/c1-13(19)11-15-3-7-17(8-4-15)18-9-5-16(6-10-18)12-14(2)20/h3-10,13-14H,11-12,19-20H2,1-2H3. The summed E-state index contributed by atoms with van der Waals surface area (Å²) in [5.41, 5.74) is 16.7. The molecule has 0 radical (unpaired) electrons. The molecule has 0 saturated carbocycles. The Hall–Kier alpha value is -1.64. The molecule has 0 aromatic heterocycles. The van der Waals surface area contributed by atoms with Crippen LogP contribution in [0.5, 0.6) is 0 Å². The molecule has 106 valence electrons. The Labute approximate surface area is 121 Å². The van der Waals surface area contributed by atoms with Crippen LogP contribution in [-0.2, 0) is 12.8 Å². The Morgan fingerprint density at radius 1 is 0.650 bits per heavy atom. The van der Waals surface area contributed by atoms with Gasteiger partial charge in [0.2, 0.25) is 0 Å². The minimum absolute atomic E-state index is 0.207. The normalized spacial score (nSPS) is 14.0.